The number of methoxy groups -OCH3 is 1. The van der Waals surface area contributed by atoms with Crippen LogP contribution in [0, 0.1) is 5.92 Å². The first-order chi connectivity index (χ1) is 7.13. The van der Waals surface area contributed by atoms with Crippen molar-refractivity contribution in [1.82, 2.24) is 0 Å². The van der Waals surface area contributed by atoms with Crippen molar-refractivity contribution < 1.29 is 9.84 Å². The number of hydrogen-bond acceptors (Lipinski definition) is 2. The zero-order valence-electron chi connectivity index (χ0n) is 8.90. The van der Waals surface area contributed by atoms with E-state index in [2.05, 4.69) is 22.9 Å². The van der Waals surface area contributed by atoms with Gasteiger partial charge in [-0.15, -0.1) is 0 Å². The number of halogens is 1. The Morgan fingerprint density at radius 2 is 2.20 bits per heavy atom. The number of hydrogen-bond donors (Lipinski definition) is 1. The van der Waals surface area contributed by atoms with E-state index in [9.17, 15) is 5.11 Å². The van der Waals surface area contributed by atoms with E-state index >= 15 is 0 Å². The van der Waals surface area contributed by atoms with Crippen molar-refractivity contribution >= 4 is 15.9 Å². The average molecular weight is 271 g/mol. The lowest BCUT2D eigenvalue weighted by atomic mass is 9.83. The number of ether oxygens (including phenoxy) is 1. The molecule has 3 unspecified atom stereocenters. The molecule has 3 atom stereocenters. The third kappa shape index (κ3) is 1.91. The van der Waals surface area contributed by atoms with Gasteiger partial charge in [-0.25, -0.2) is 0 Å². The number of rotatable bonds is 1. The Balaban J connectivity index is 2.41. The molecule has 0 spiro atoms. The summed E-state index contributed by atoms with van der Waals surface area (Å²) >= 11 is 3.54. The molecule has 0 heterocycles. The summed E-state index contributed by atoms with van der Waals surface area (Å²) in [4.78, 5) is 0.151. The smallest absolute Gasteiger partial charge is 0.119 e. The molecule has 1 aromatic rings. The molecule has 1 N–H and O–H groups in total. The van der Waals surface area contributed by atoms with Crippen LogP contribution in [0.25, 0.3) is 0 Å². The molecule has 82 valence electrons. The fraction of sp³-hybridized carbons (Fsp3) is 0.500. The second kappa shape index (κ2) is 4.14. The van der Waals surface area contributed by atoms with Gasteiger partial charge in [0.25, 0.3) is 0 Å². The summed E-state index contributed by atoms with van der Waals surface area (Å²) < 4.78 is 5.18. The van der Waals surface area contributed by atoms with E-state index in [1.807, 2.05) is 18.2 Å². The summed E-state index contributed by atoms with van der Waals surface area (Å²) in [6, 6.07) is 5.88. The van der Waals surface area contributed by atoms with Crippen LogP contribution in [0.3, 0.4) is 0 Å². The van der Waals surface area contributed by atoms with Crippen LogP contribution in [-0.4, -0.2) is 17.0 Å². The van der Waals surface area contributed by atoms with Gasteiger partial charge in [-0.05, 0) is 35.6 Å². The second-order valence-corrected chi connectivity index (χ2v) is 5.19. The van der Waals surface area contributed by atoms with Crippen LogP contribution in [0.2, 0.25) is 0 Å². The Morgan fingerprint density at radius 1 is 1.47 bits per heavy atom. The first kappa shape index (κ1) is 11.0. The lowest BCUT2D eigenvalue weighted by molar-refractivity contribution is 0.147. The van der Waals surface area contributed by atoms with E-state index in [1.54, 1.807) is 7.11 Å². The number of aliphatic hydroxyl groups is 1. The van der Waals surface area contributed by atoms with Crippen molar-refractivity contribution in [1.29, 1.82) is 0 Å². The summed E-state index contributed by atoms with van der Waals surface area (Å²) in [7, 11) is 1.66. The van der Waals surface area contributed by atoms with Crippen molar-refractivity contribution in [3.63, 3.8) is 0 Å². The molecule has 0 amide bonds. The largest absolute Gasteiger partial charge is 0.497 e. The van der Waals surface area contributed by atoms with E-state index in [4.69, 9.17) is 4.74 Å². The molecule has 3 heteroatoms. The molecule has 2 nitrogen and oxygen atoms in total. The highest BCUT2D eigenvalue weighted by atomic mass is 79.9. The molecule has 1 aromatic carbocycles. The second-order valence-electron chi connectivity index (χ2n) is 4.14. The van der Waals surface area contributed by atoms with Crippen LogP contribution in [-0.2, 0) is 6.42 Å². The monoisotopic (exact) mass is 270 g/mol. The van der Waals surface area contributed by atoms with Gasteiger partial charge in [-0.3, -0.25) is 0 Å². The molecule has 15 heavy (non-hydrogen) atoms. The van der Waals surface area contributed by atoms with Crippen LogP contribution in [0.1, 0.15) is 24.2 Å². The van der Waals surface area contributed by atoms with E-state index in [-0.39, 0.29) is 4.83 Å². The first-order valence-corrected chi connectivity index (χ1v) is 6.04. The highest BCUT2D eigenvalue weighted by molar-refractivity contribution is 9.09. The molecule has 0 aromatic heterocycles. The minimum absolute atomic E-state index is 0.151. The lowest BCUT2D eigenvalue weighted by Gasteiger charge is -2.31. The Kier molecular flexibility index (Phi) is 3.03. The molecular formula is C12H15BrO2. The number of alkyl halides is 1. The predicted octanol–water partition coefficient (Wildman–Crippen LogP) is 2.68. The maximum Gasteiger partial charge on any atom is 0.119 e. The minimum Gasteiger partial charge on any atom is -0.497 e. The molecule has 0 radical (unpaired) electrons. The standard InChI is InChI=1S/C12H15BrO2/c1-7-5-8-6-9(15-2)3-4-10(8)12(14)11(7)13/h3-4,6-7,11-12,14H,5H2,1-2H3. The molecule has 0 saturated heterocycles. The van der Waals surface area contributed by atoms with Gasteiger partial charge < -0.3 is 9.84 Å². The summed E-state index contributed by atoms with van der Waals surface area (Å²) in [5.74, 6) is 1.31. The number of benzene rings is 1. The first-order valence-electron chi connectivity index (χ1n) is 5.12. The topological polar surface area (TPSA) is 29.5 Å². The zero-order valence-corrected chi connectivity index (χ0v) is 10.5. The number of aliphatic hydroxyl groups excluding tert-OH is 1. The van der Waals surface area contributed by atoms with Gasteiger partial charge in [0.2, 0.25) is 0 Å². The van der Waals surface area contributed by atoms with Crippen molar-refractivity contribution in [3.8, 4) is 5.75 Å². The Labute approximate surface area is 98.4 Å². The third-order valence-corrected chi connectivity index (χ3v) is 4.46. The number of fused-ring (bicyclic) bond motifs is 1. The highest BCUT2D eigenvalue weighted by Gasteiger charge is 2.31. The van der Waals surface area contributed by atoms with Crippen molar-refractivity contribution in [3.05, 3.63) is 29.3 Å². The average Bonchev–Trinajstić information content (AvgIpc) is 2.25. The minimum atomic E-state index is -0.408. The quantitative estimate of drug-likeness (QED) is 0.796. The summed E-state index contributed by atoms with van der Waals surface area (Å²) in [5.41, 5.74) is 2.22. The normalized spacial score (nSPS) is 29.7. The van der Waals surface area contributed by atoms with Gasteiger partial charge in [0.15, 0.2) is 0 Å². The van der Waals surface area contributed by atoms with Crippen LogP contribution in [0.5, 0.6) is 5.75 Å². The summed E-state index contributed by atoms with van der Waals surface area (Å²) in [5, 5.41) is 10.1. The van der Waals surface area contributed by atoms with Gasteiger partial charge in [0.1, 0.15) is 5.75 Å². The van der Waals surface area contributed by atoms with E-state index in [1.165, 1.54) is 5.56 Å². The predicted molar refractivity (Wildman–Crippen MR) is 63.5 cm³/mol. The summed E-state index contributed by atoms with van der Waals surface area (Å²) in [6.45, 7) is 2.14. The maximum atomic E-state index is 10.1. The van der Waals surface area contributed by atoms with E-state index < -0.39 is 6.10 Å². The molecule has 0 bridgehead atoms. The van der Waals surface area contributed by atoms with Crippen LogP contribution in [0.15, 0.2) is 18.2 Å². The zero-order chi connectivity index (χ0) is 11.0. The molecule has 2 rings (SSSR count). The maximum absolute atomic E-state index is 10.1. The van der Waals surface area contributed by atoms with Crippen LogP contribution >= 0.6 is 15.9 Å². The lowest BCUT2D eigenvalue weighted by Crippen LogP contribution is -2.28. The Bertz CT molecular complexity index is 365. The molecule has 1 aliphatic carbocycles. The molecule has 0 saturated carbocycles. The van der Waals surface area contributed by atoms with Gasteiger partial charge >= 0.3 is 0 Å². The highest BCUT2D eigenvalue weighted by Crippen LogP contribution is 2.38. The van der Waals surface area contributed by atoms with Crippen LogP contribution in [0.4, 0.5) is 0 Å². The third-order valence-electron chi connectivity index (χ3n) is 3.06. The fourth-order valence-electron chi connectivity index (χ4n) is 2.12. The van der Waals surface area contributed by atoms with Gasteiger partial charge in [-0.1, -0.05) is 28.9 Å². The van der Waals surface area contributed by atoms with Crippen molar-refractivity contribution in [2.45, 2.75) is 24.3 Å². The summed E-state index contributed by atoms with van der Waals surface area (Å²) in [6.07, 6.45) is 0.578. The van der Waals surface area contributed by atoms with E-state index in [0.29, 0.717) is 5.92 Å². The van der Waals surface area contributed by atoms with Gasteiger partial charge in [-0.2, -0.15) is 0 Å². The van der Waals surface area contributed by atoms with Gasteiger partial charge in [0.05, 0.1) is 13.2 Å². The Morgan fingerprint density at radius 3 is 2.87 bits per heavy atom. The van der Waals surface area contributed by atoms with Gasteiger partial charge in [0, 0.05) is 4.83 Å². The van der Waals surface area contributed by atoms with E-state index in [0.717, 1.165) is 17.7 Å². The SMILES string of the molecule is COc1ccc2c(c1)CC(C)C(Br)C2O. The van der Waals surface area contributed by atoms with Crippen LogP contribution < -0.4 is 4.74 Å². The van der Waals surface area contributed by atoms with Crippen molar-refractivity contribution in [2.24, 2.45) is 5.92 Å². The fourth-order valence-corrected chi connectivity index (χ4v) is 2.59. The molecule has 0 aliphatic heterocycles. The molecule has 1 aliphatic rings. The molecule has 0 fully saturated rings. The molecular weight excluding hydrogens is 256 g/mol. The van der Waals surface area contributed by atoms with Crippen molar-refractivity contribution in [2.75, 3.05) is 7.11 Å². The Hall–Kier alpha value is -0.540.